The Hall–Kier alpha value is -1.30. The molecule has 0 spiro atoms. The summed E-state index contributed by atoms with van der Waals surface area (Å²) in [5.41, 5.74) is 1.15. The largest absolute Gasteiger partial charge is 0.481 e. The Labute approximate surface area is 147 Å². The molecule has 4 heterocycles. The third-order valence-corrected chi connectivity index (χ3v) is 6.52. The Morgan fingerprint density at radius 3 is 2.75 bits per heavy atom. The summed E-state index contributed by atoms with van der Waals surface area (Å²) in [7, 11) is 0. The fourth-order valence-electron chi connectivity index (χ4n) is 5.05. The molecule has 130 valence electrons. The maximum Gasteiger partial charge on any atom is 0.339 e. The molecule has 0 radical (unpaired) electrons. The third kappa shape index (κ3) is 2.33. The van der Waals surface area contributed by atoms with Gasteiger partial charge in [-0.05, 0) is 38.9 Å². The summed E-state index contributed by atoms with van der Waals surface area (Å²) in [6.07, 6.45) is 2.49. The highest BCUT2D eigenvalue weighted by molar-refractivity contribution is 6.31. The highest BCUT2D eigenvalue weighted by atomic mass is 35.5. The van der Waals surface area contributed by atoms with Crippen LogP contribution in [0.25, 0.3) is 0 Å². The van der Waals surface area contributed by atoms with Crippen LogP contribution in [0, 0.1) is 5.92 Å². The molecule has 3 fully saturated rings. The number of ether oxygens (including phenoxy) is 1. The number of piperidine rings is 3. The molecule has 2 unspecified atom stereocenters. The monoisotopic (exact) mass is 351 g/mol. The van der Waals surface area contributed by atoms with Gasteiger partial charge in [-0.25, -0.2) is 4.79 Å². The summed E-state index contributed by atoms with van der Waals surface area (Å²) in [4.78, 5) is 14.2. The van der Waals surface area contributed by atoms with E-state index >= 15 is 0 Å². The molecule has 1 N–H and O–H groups in total. The first-order valence-electron chi connectivity index (χ1n) is 8.84. The number of fused-ring (bicyclic) bond motifs is 4. The van der Waals surface area contributed by atoms with Gasteiger partial charge in [0.15, 0.2) is 11.4 Å². The lowest BCUT2D eigenvalue weighted by Gasteiger charge is -2.55. The minimum absolute atomic E-state index is 0.189. The number of rotatable bonds is 3. The minimum atomic E-state index is -0.973. The summed E-state index contributed by atoms with van der Waals surface area (Å²) >= 11 is 6.29. The van der Waals surface area contributed by atoms with Gasteiger partial charge in [0, 0.05) is 17.0 Å². The van der Waals surface area contributed by atoms with E-state index in [0.717, 1.165) is 29.8 Å². The number of likely N-dealkylation sites (N-methyl/N-ethyl adjacent to an activating group) is 1. The van der Waals surface area contributed by atoms with E-state index in [0.29, 0.717) is 29.3 Å². The van der Waals surface area contributed by atoms with E-state index in [1.165, 1.54) is 32.0 Å². The Balaban J connectivity index is 1.86. The molecule has 24 heavy (non-hydrogen) atoms. The number of halogens is 1. The van der Waals surface area contributed by atoms with Crippen LogP contribution in [-0.4, -0.2) is 61.3 Å². The molecule has 2 bridgehead atoms. The van der Waals surface area contributed by atoms with Crippen molar-refractivity contribution in [3.63, 3.8) is 0 Å². The zero-order valence-corrected chi connectivity index (χ0v) is 14.8. The molecule has 4 aliphatic heterocycles. The van der Waals surface area contributed by atoms with Crippen LogP contribution in [0.15, 0.2) is 12.1 Å². The molecule has 0 saturated carbocycles. The van der Waals surface area contributed by atoms with Gasteiger partial charge in [0.25, 0.3) is 0 Å². The molecule has 6 heteroatoms. The van der Waals surface area contributed by atoms with Crippen LogP contribution in [0.1, 0.15) is 30.1 Å². The van der Waals surface area contributed by atoms with Crippen molar-refractivity contribution in [2.75, 3.05) is 39.3 Å². The minimum Gasteiger partial charge on any atom is -0.481 e. The summed E-state index contributed by atoms with van der Waals surface area (Å²) in [5, 5.41) is 10.1. The van der Waals surface area contributed by atoms with Crippen molar-refractivity contribution in [2.45, 2.75) is 25.8 Å². The quantitative estimate of drug-likeness (QED) is 0.851. The summed E-state index contributed by atoms with van der Waals surface area (Å²) in [5.74, 6) is 0.253. The number of nitrogens with zero attached hydrogens (tertiary/aromatic N) is 2. The van der Waals surface area contributed by atoms with Crippen molar-refractivity contribution >= 4 is 23.3 Å². The number of benzene rings is 1. The van der Waals surface area contributed by atoms with Gasteiger partial charge in [0.2, 0.25) is 0 Å². The van der Waals surface area contributed by atoms with Crippen LogP contribution in [0.4, 0.5) is 5.69 Å². The Morgan fingerprint density at radius 2 is 2.17 bits per heavy atom. The molecule has 1 aromatic rings. The lowest BCUT2D eigenvalue weighted by Crippen LogP contribution is -2.69. The van der Waals surface area contributed by atoms with Crippen molar-refractivity contribution < 1.29 is 14.6 Å². The first-order chi connectivity index (χ1) is 11.5. The van der Waals surface area contributed by atoms with Crippen LogP contribution in [0.5, 0.6) is 5.75 Å². The molecule has 1 aromatic carbocycles. The highest BCUT2D eigenvalue weighted by Crippen LogP contribution is 2.47. The molecule has 0 amide bonds. The topological polar surface area (TPSA) is 49.8 Å². The molecule has 5 rings (SSSR count). The van der Waals surface area contributed by atoms with Gasteiger partial charge in [0.1, 0.15) is 24.8 Å². The van der Waals surface area contributed by atoms with E-state index in [4.69, 9.17) is 16.3 Å². The summed E-state index contributed by atoms with van der Waals surface area (Å²) < 4.78 is 6.63. The molecular formula is C18H24ClN2O3+. The molecule has 0 aromatic heterocycles. The van der Waals surface area contributed by atoms with E-state index in [2.05, 4.69) is 11.8 Å². The van der Waals surface area contributed by atoms with Gasteiger partial charge in [-0.2, -0.15) is 0 Å². The van der Waals surface area contributed by atoms with Crippen molar-refractivity contribution in [3.8, 4) is 5.75 Å². The lowest BCUT2D eigenvalue weighted by molar-refractivity contribution is -0.00121. The molecule has 3 saturated heterocycles. The predicted octanol–water partition coefficient (Wildman–Crippen LogP) is 2.85. The van der Waals surface area contributed by atoms with Crippen LogP contribution in [0.3, 0.4) is 0 Å². The van der Waals surface area contributed by atoms with Crippen LogP contribution >= 0.6 is 11.6 Å². The first kappa shape index (κ1) is 16.2. The zero-order chi connectivity index (χ0) is 16.9. The number of carboxylic acids is 1. The second-order valence-corrected chi connectivity index (χ2v) is 7.67. The van der Waals surface area contributed by atoms with Gasteiger partial charge in [-0.1, -0.05) is 11.6 Å². The van der Waals surface area contributed by atoms with E-state index in [-0.39, 0.29) is 5.56 Å². The average molecular weight is 352 g/mol. The number of quaternary nitrogens is 1. The van der Waals surface area contributed by atoms with E-state index < -0.39 is 5.97 Å². The van der Waals surface area contributed by atoms with Gasteiger partial charge in [-0.3, -0.25) is 9.38 Å². The van der Waals surface area contributed by atoms with Crippen molar-refractivity contribution in [1.82, 2.24) is 9.38 Å². The Kier molecular flexibility index (Phi) is 3.98. The van der Waals surface area contributed by atoms with Crippen molar-refractivity contribution in [2.24, 2.45) is 5.92 Å². The molecule has 4 aliphatic rings. The Morgan fingerprint density at radius 1 is 1.42 bits per heavy atom. The van der Waals surface area contributed by atoms with E-state index in [1.54, 1.807) is 0 Å². The summed E-state index contributed by atoms with van der Waals surface area (Å²) in [6, 6.07) is 3.94. The lowest BCUT2D eigenvalue weighted by atomic mass is 9.81. The van der Waals surface area contributed by atoms with E-state index in [9.17, 15) is 9.90 Å². The zero-order valence-electron chi connectivity index (χ0n) is 14.0. The highest BCUT2D eigenvalue weighted by Gasteiger charge is 2.51. The van der Waals surface area contributed by atoms with Gasteiger partial charge in [-0.15, -0.1) is 0 Å². The standard InChI is InChI=1S/C18H23ClN2O3/c1-2-21(16-11-20-5-3-12(16)4-6-20)7-8-24-17-14(18(22)23)9-13(19)10-15(17)21/h9-10,12,16H,2-8,11H2,1H3/p+1. The predicted molar refractivity (Wildman–Crippen MR) is 94.1 cm³/mol. The van der Waals surface area contributed by atoms with Gasteiger partial charge >= 0.3 is 5.97 Å². The fraction of sp³-hybridized carbons (Fsp3) is 0.611. The molecule has 2 atom stereocenters. The third-order valence-electron chi connectivity index (χ3n) is 6.30. The number of hydrogen-bond donors (Lipinski definition) is 1. The maximum absolute atomic E-state index is 11.7. The second-order valence-electron chi connectivity index (χ2n) is 7.23. The smallest absolute Gasteiger partial charge is 0.339 e. The van der Waals surface area contributed by atoms with Gasteiger partial charge < -0.3 is 9.84 Å². The van der Waals surface area contributed by atoms with Gasteiger partial charge in [0.05, 0.1) is 13.1 Å². The first-order valence-corrected chi connectivity index (χ1v) is 9.22. The molecule has 0 aliphatic carbocycles. The maximum atomic E-state index is 11.7. The summed E-state index contributed by atoms with van der Waals surface area (Å²) in [6.45, 7) is 8.07. The van der Waals surface area contributed by atoms with Crippen molar-refractivity contribution in [3.05, 3.63) is 22.7 Å². The van der Waals surface area contributed by atoms with Crippen molar-refractivity contribution in [1.29, 1.82) is 0 Å². The molecule has 5 nitrogen and oxygen atoms in total. The Bertz CT molecular complexity index is 672. The number of hydrogen-bond acceptors (Lipinski definition) is 3. The number of carbonyl (C=O) groups is 1. The van der Waals surface area contributed by atoms with Crippen LogP contribution < -0.4 is 9.22 Å². The number of aromatic carboxylic acids is 1. The second kappa shape index (κ2) is 5.90. The van der Waals surface area contributed by atoms with E-state index in [1.807, 2.05) is 6.07 Å². The number of carboxylic acid groups (broad SMARTS) is 1. The SMILES string of the molecule is CC[N+]1(C2CN3CCC2CC3)CCOc2c(C(=O)O)cc(Cl)cc21. The van der Waals surface area contributed by atoms with Crippen LogP contribution in [-0.2, 0) is 0 Å². The fourth-order valence-corrected chi connectivity index (χ4v) is 5.27. The van der Waals surface area contributed by atoms with Crippen LogP contribution in [0.2, 0.25) is 5.02 Å². The molecular weight excluding hydrogens is 328 g/mol. The average Bonchev–Trinajstić information content (AvgIpc) is 2.61. The normalized spacial score (nSPS) is 34.5.